The fraction of sp³-hybridized carbons (Fsp3) is 0.944. The normalized spacial score (nSPS) is 21.1. The zero-order valence-electron chi connectivity index (χ0n) is 15.8. The molecule has 136 valence electrons. The van der Waals surface area contributed by atoms with Gasteiger partial charge in [0.15, 0.2) is 8.32 Å². The highest BCUT2D eigenvalue weighted by Gasteiger charge is 2.35. The van der Waals surface area contributed by atoms with Gasteiger partial charge in [0.2, 0.25) is 5.91 Å². The Hall–Kier alpha value is -0.393. The van der Waals surface area contributed by atoms with Crippen LogP contribution in [0.15, 0.2) is 0 Å². The van der Waals surface area contributed by atoms with Crippen molar-refractivity contribution in [3.8, 4) is 0 Å². The molecule has 1 rings (SSSR count). The Bertz CT molecular complexity index is 361. The number of amides is 1. The molecule has 0 radical (unpaired) electrons. The van der Waals surface area contributed by atoms with Gasteiger partial charge in [-0.15, -0.1) is 0 Å². The number of hydrogen-bond donors (Lipinski definition) is 2. The van der Waals surface area contributed by atoms with Crippen LogP contribution in [0.5, 0.6) is 0 Å². The van der Waals surface area contributed by atoms with Crippen LogP contribution in [0.4, 0.5) is 0 Å². The van der Waals surface area contributed by atoms with Gasteiger partial charge in [0.05, 0.1) is 11.7 Å². The van der Waals surface area contributed by atoms with E-state index in [0.717, 1.165) is 43.8 Å². The Morgan fingerprint density at radius 1 is 1.30 bits per heavy atom. The van der Waals surface area contributed by atoms with Crippen molar-refractivity contribution in [2.45, 2.75) is 109 Å². The number of carbonyl (C=O) groups excluding carboxylic acids is 1. The molecular formula is C18H37NO3Si. The van der Waals surface area contributed by atoms with Crippen LogP contribution in [-0.4, -0.2) is 37.1 Å². The molecule has 0 saturated carbocycles. The molecule has 0 spiro atoms. The monoisotopic (exact) mass is 343 g/mol. The zero-order valence-corrected chi connectivity index (χ0v) is 16.8. The fourth-order valence-electron chi connectivity index (χ4n) is 3.62. The first-order chi connectivity index (χ1) is 10.8. The van der Waals surface area contributed by atoms with Crippen LogP contribution in [0.25, 0.3) is 0 Å². The van der Waals surface area contributed by atoms with Gasteiger partial charge in [-0.3, -0.25) is 4.79 Å². The molecule has 1 fully saturated rings. The van der Waals surface area contributed by atoms with E-state index >= 15 is 0 Å². The molecule has 0 aromatic heterocycles. The first-order valence-corrected chi connectivity index (χ1v) is 12.0. The molecule has 23 heavy (non-hydrogen) atoms. The topological polar surface area (TPSA) is 58.6 Å². The van der Waals surface area contributed by atoms with Crippen molar-refractivity contribution in [1.29, 1.82) is 0 Å². The van der Waals surface area contributed by atoms with Gasteiger partial charge in [-0.2, -0.15) is 0 Å². The predicted molar refractivity (Wildman–Crippen MR) is 98.0 cm³/mol. The molecule has 1 saturated heterocycles. The van der Waals surface area contributed by atoms with Gasteiger partial charge in [0.25, 0.3) is 0 Å². The molecule has 1 aliphatic rings. The first kappa shape index (κ1) is 20.7. The minimum atomic E-state index is -1.62. The first-order valence-electron chi connectivity index (χ1n) is 9.43. The number of rotatable bonds is 10. The van der Waals surface area contributed by atoms with Crippen LogP contribution in [0, 0.1) is 0 Å². The van der Waals surface area contributed by atoms with Gasteiger partial charge in [-0.1, -0.05) is 20.8 Å². The van der Waals surface area contributed by atoms with E-state index in [0.29, 0.717) is 12.8 Å². The third kappa shape index (κ3) is 6.94. The molecule has 5 heteroatoms. The van der Waals surface area contributed by atoms with E-state index < -0.39 is 8.32 Å². The lowest BCUT2D eigenvalue weighted by Gasteiger charge is -2.39. The van der Waals surface area contributed by atoms with E-state index in [-0.39, 0.29) is 23.7 Å². The second-order valence-corrected chi connectivity index (χ2v) is 12.4. The smallest absolute Gasteiger partial charge is 0.220 e. The minimum Gasteiger partial charge on any atom is -0.412 e. The summed E-state index contributed by atoms with van der Waals surface area (Å²) >= 11 is 0. The number of aliphatic hydroxyl groups excluding tert-OH is 1. The highest BCUT2D eigenvalue weighted by molar-refractivity contribution is 6.73. The molecule has 2 atom stereocenters. The summed E-state index contributed by atoms with van der Waals surface area (Å²) in [5.41, 5.74) is -0.176. The summed E-state index contributed by atoms with van der Waals surface area (Å²) in [6, 6.07) is 3.60. The van der Waals surface area contributed by atoms with Gasteiger partial charge in [0, 0.05) is 12.5 Å². The maximum Gasteiger partial charge on any atom is 0.220 e. The Balaban J connectivity index is 2.43. The maximum atomic E-state index is 11.4. The minimum absolute atomic E-state index is 0.127. The summed E-state index contributed by atoms with van der Waals surface area (Å²) in [7, 11) is -1.62. The fourth-order valence-corrected chi connectivity index (χ4v) is 6.83. The van der Waals surface area contributed by atoms with Crippen LogP contribution in [-0.2, 0) is 9.22 Å². The summed E-state index contributed by atoms with van der Waals surface area (Å²) < 4.78 is 6.59. The third-order valence-electron chi connectivity index (χ3n) is 5.38. The quantitative estimate of drug-likeness (QED) is 0.590. The van der Waals surface area contributed by atoms with Gasteiger partial charge < -0.3 is 14.8 Å². The average Bonchev–Trinajstić information content (AvgIpc) is 2.51. The lowest BCUT2D eigenvalue weighted by atomic mass is 9.94. The SMILES string of the molecule is CC[Si](CC)(CC)OC(C)(C)CC[C@@H](O)C[C@@H]1CCCC(=O)N1. The van der Waals surface area contributed by atoms with Crippen molar-refractivity contribution < 1.29 is 14.3 Å². The molecule has 4 nitrogen and oxygen atoms in total. The van der Waals surface area contributed by atoms with Crippen LogP contribution in [0.2, 0.25) is 18.1 Å². The van der Waals surface area contributed by atoms with E-state index in [4.69, 9.17) is 4.43 Å². The molecule has 1 heterocycles. The summed E-state index contributed by atoms with van der Waals surface area (Å²) in [5.74, 6) is 0.127. The van der Waals surface area contributed by atoms with Crippen LogP contribution >= 0.6 is 0 Å². The van der Waals surface area contributed by atoms with Crippen molar-refractivity contribution in [2.24, 2.45) is 0 Å². The Labute approximate surface area is 143 Å². The number of piperidine rings is 1. The Kier molecular flexibility index (Phi) is 8.25. The van der Waals surface area contributed by atoms with E-state index in [9.17, 15) is 9.90 Å². The maximum absolute atomic E-state index is 11.4. The van der Waals surface area contributed by atoms with Gasteiger partial charge in [0.1, 0.15) is 0 Å². The van der Waals surface area contributed by atoms with Crippen LogP contribution < -0.4 is 5.32 Å². The molecule has 1 aliphatic heterocycles. The molecule has 0 aromatic carbocycles. The molecule has 0 aliphatic carbocycles. The largest absolute Gasteiger partial charge is 0.412 e. The molecule has 0 unspecified atom stereocenters. The lowest BCUT2D eigenvalue weighted by molar-refractivity contribution is -0.123. The summed E-state index contributed by atoms with van der Waals surface area (Å²) in [5, 5.41) is 13.3. The van der Waals surface area contributed by atoms with Crippen molar-refractivity contribution in [2.75, 3.05) is 0 Å². The number of aliphatic hydroxyl groups is 1. The Morgan fingerprint density at radius 3 is 2.43 bits per heavy atom. The van der Waals surface area contributed by atoms with E-state index in [1.807, 2.05) is 0 Å². The molecule has 1 amide bonds. The summed E-state index contributed by atoms with van der Waals surface area (Å²) in [6.45, 7) is 11.1. The summed E-state index contributed by atoms with van der Waals surface area (Å²) in [6.07, 6.45) is 4.47. The van der Waals surface area contributed by atoms with Crippen molar-refractivity contribution in [3.63, 3.8) is 0 Å². The second-order valence-electron chi connectivity index (χ2n) is 7.69. The predicted octanol–water partition coefficient (Wildman–Crippen LogP) is 3.99. The van der Waals surface area contributed by atoms with Crippen LogP contribution in [0.1, 0.15) is 73.1 Å². The number of carbonyl (C=O) groups is 1. The molecule has 0 bridgehead atoms. The average molecular weight is 344 g/mol. The summed E-state index contributed by atoms with van der Waals surface area (Å²) in [4.78, 5) is 11.4. The molecule has 0 aromatic rings. The van der Waals surface area contributed by atoms with E-state index in [2.05, 4.69) is 39.9 Å². The second kappa shape index (κ2) is 9.18. The zero-order chi connectivity index (χ0) is 17.5. The van der Waals surface area contributed by atoms with Crippen molar-refractivity contribution >= 4 is 14.2 Å². The van der Waals surface area contributed by atoms with Crippen molar-refractivity contribution in [3.05, 3.63) is 0 Å². The highest BCUT2D eigenvalue weighted by Crippen LogP contribution is 2.31. The highest BCUT2D eigenvalue weighted by atomic mass is 28.4. The van der Waals surface area contributed by atoms with Gasteiger partial charge in [-0.05, 0) is 64.1 Å². The standard InChI is InChI=1S/C18H37NO3Si/c1-6-23(7-2,8-3)22-18(4,5)13-12-16(20)14-15-10-9-11-17(21)19-15/h15-16,20H,6-14H2,1-5H3,(H,19,21)/t15-,16+/m0/s1. The number of nitrogens with one attached hydrogen (secondary N) is 1. The molecule has 2 N–H and O–H groups in total. The van der Waals surface area contributed by atoms with Gasteiger partial charge in [-0.25, -0.2) is 0 Å². The van der Waals surface area contributed by atoms with Crippen molar-refractivity contribution in [1.82, 2.24) is 5.32 Å². The lowest BCUT2D eigenvalue weighted by Crippen LogP contribution is -2.45. The van der Waals surface area contributed by atoms with Gasteiger partial charge >= 0.3 is 0 Å². The third-order valence-corrected chi connectivity index (χ3v) is 10.2. The van der Waals surface area contributed by atoms with Crippen LogP contribution in [0.3, 0.4) is 0 Å². The van der Waals surface area contributed by atoms with E-state index in [1.165, 1.54) is 0 Å². The van der Waals surface area contributed by atoms with E-state index in [1.54, 1.807) is 0 Å². The number of hydrogen-bond acceptors (Lipinski definition) is 3. The Morgan fingerprint density at radius 2 is 1.91 bits per heavy atom. The molecular weight excluding hydrogens is 306 g/mol.